The summed E-state index contributed by atoms with van der Waals surface area (Å²) in [5, 5.41) is 10.5. The van der Waals surface area contributed by atoms with Gasteiger partial charge in [-0.1, -0.05) is 18.2 Å². The molecule has 1 aromatic rings. The van der Waals surface area contributed by atoms with Crippen molar-refractivity contribution in [2.24, 2.45) is 5.41 Å². The second-order valence-electron chi connectivity index (χ2n) is 5.78. The molecule has 0 spiro atoms. The van der Waals surface area contributed by atoms with E-state index in [1.165, 1.54) is 7.11 Å². The lowest BCUT2D eigenvalue weighted by Gasteiger charge is -2.41. The first-order valence-electron chi connectivity index (χ1n) is 6.67. The van der Waals surface area contributed by atoms with E-state index in [4.69, 9.17) is 9.47 Å². The molecule has 4 rings (SSSR count). The number of carbonyl (C=O) groups is 1. The van der Waals surface area contributed by atoms with Crippen molar-refractivity contribution in [3.05, 3.63) is 35.4 Å². The fraction of sp³-hybridized carbons (Fsp3) is 0.438. The van der Waals surface area contributed by atoms with Crippen LogP contribution in [0.4, 0.5) is 0 Å². The highest BCUT2D eigenvalue weighted by Gasteiger charge is 2.67. The molecule has 0 unspecified atom stereocenters. The average Bonchev–Trinajstić information content (AvgIpc) is 2.87. The number of hydrogen-bond acceptors (Lipinski definition) is 4. The van der Waals surface area contributed by atoms with Gasteiger partial charge in [0.2, 0.25) is 0 Å². The molecule has 0 saturated heterocycles. The monoisotopic (exact) mass is 274 g/mol. The second kappa shape index (κ2) is 4.35. The van der Waals surface area contributed by atoms with E-state index in [1.54, 1.807) is 7.11 Å². The van der Waals surface area contributed by atoms with Crippen LogP contribution in [0.15, 0.2) is 29.8 Å². The number of carbonyl (C=O) groups excluding carboxylic acids is 1. The van der Waals surface area contributed by atoms with E-state index in [2.05, 4.69) is 0 Å². The maximum absolute atomic E-state index is 11.8. The van der Waals surface area contributed by atoms with E-state index in [9.17, 15) is 9.90 Å². The van der Waals surface area contributed by atoms with Gasteiger partial charge in [-0.15, -0.1) is 0 Å². The van der Waals surface area contributed by atoms with Crippen LogP contribution in [0, 0.1) is 5.41 Å². The first kappa shape index (κ1) is 13.2. The quantitative estimate of drug-likeness (QED) is 0.858. The zero-order valence-corrected chi connectivity index (χ0v) is 11.7. The summed E-state index contributed by atoms with van der Waals surface area (Å²) in [5.74, 6) is 0.591. The fourth-order valence-corrected chi connectivity index (χ4v) is 3.47. The molecule has 1 aromatic carbocycles. The smallest absolute Gasteiger partial charge is 0.312 e. The molecule has 0 aliphatic heterocycles. The number of hydrogen-bond donors (Lipinski definition) is 1. The minimum atomic E-state index is -0.825. The van der Waals surface area contributed by atoms with Gasteiger partial charge in [0.15, 0.2) is 0 Å². The average molecular weight is 274 g/mol. The number of rotatable bonds is 3. The number of esters is 1. The van der Waals surface area contributed by atoms with E-state index in [1.807, 2.05) is 30.3 Å². The second-order valence-corrected chi connectivity index (χ2v) is 5.78. The Morgan fingerprint density at radius 1 is 1.25 bits per heavy atom. The molecule has 0 radical (unpaired) electrons. The zero-order valence-electron chi connectivity index (χ0n) is 11.7. The minimum absolute atomic E-state index is 0.208. The fourth-order valence-electron chi connectivity index (χ4n) is 3.47. The van der Waals surface area contributed by atoms with E-state index in [0.717, 1.165) is 16.9 Å². The summed E-state index contributed by atoms with van der Waals surface area (Å²) in [6.07, 6.45) is 3.52. The van der Waals surface area contributed by atoms with Crippen LogP contribution in [-0.2, 0) is 9.53 Å². The number of aliphatic hydroxyl groups is 1. The van der Waals surface area contributed by atoms with Gasteiger partial charge in [0.05, 0.1) is 25.2 Å². The standard InChI is InChI=1S/C16H18O4/c1-19-13-5-3-11(4-6-13)7-12-8-15(14(17)20-2)9-16(12,18)10-15/h3-7,18H,8-10H2,1-2H3/b12-7+. The molecule has 4 heteroatoms. The van der Waals surface area contributed by atoms with Gasteiger partial charge < -0.3 is 14.6 Å². The van der Waals surface area contributed by atoms with Crippen LogP contribution in [0.5, 0.6) is 5.75 Å². The van der Waals surface area contributed by atoms with Crippen LogP contribution < -0.4 is 4.74 Å². The predicted molar refractivity (Wildman–Crippen MR) is 74.2 cm³/mol. The van der Waals surface area contributed by atoms with Crippen LogP contribution in [0.1, 0.15) is 24.8 Å². The highest BCUT2D eigenvalue weighted by Crippen LogP contribution is 2.64. The maximum Gasteiger partial charge on any atom is 0.312 e. The summed E-state index contributed by atoms with van der Waals surface area (Å²) < 4.78 is 9.97. The van der Waals surface area contributed by atoms with Crippen molar-refractivity contribution in [1.29, 1.82) is 0 Å². The number of fused-ring (bicyclic) bond motifs is 1. The van der Waals surface area contributed by atoms with Crippen molar-refractivity contribution in [2.45, 2.75) is 24.9 Å². The maximum atomic E-state index is 11.8. The molecule has 0 aromatic heterocycles. The topological polar surface area (TPSA) is 55.8 Å². The molecule has 0 atom stereocenters. The Hall–Kier alpha value is -1.81. The molecule has 3 fully saturated rings. The molecule has 20 heavy (non-hydrogen) atoms. The van der Waals surface area contributed by atoms with Crippen molar-refractivity contribution >= 4 is 12.0 Å². The predicted octanol–water partition coefficient (Wildman–Crippen LogP) is 2.17. The molecule has 1 N–H and O–H groups in total. The molecule has 0 amide bonds. The van der Waals surface area contributed by atoms with E-state index in [-0.39, 0.29) is 5.97 Å². The lowest BCUT2D eigenvalue weighted by Crippen LogP contribution is -2.48. The van der Waals surface area contributed by atoms with Gasteiger partial charge in [-0.05, 0) is 42.5 Å². The van der Waals surface area contributed by atoms with Crippen LogP contribution >= 0.6 is 0 Å². The van der Waals surface area contributed by atoms with Crippen molar-refractivity contribution in [3.63, 3.8) is 0 Å². The summed E-state index contributed by atoms with van der Waals surface area (Å²) in [6, 6.07) is 7.64. The SMILES string of the molecule is COC(=O)C12C/C(=C\c3ccc(OC)cc3)C(O)(C1)C2. The van der Waals surface area contributed by atoms with Crippen molar-refractivity contribution in [2.75, 3.05) is 14.2 Å². The molecule has 3 aliphatic carbocycles. The molecule has 2 bridgehead atoms. The molecule has 3 aliphatic rings. The Kier molecular flexibility index (Phi) is 2.87. The van der Waals surface area contributed by atoms with Gasteiger partial charge in [0.25, 0.3) is 0 Å². The summed E-state index contributed by atoms with van der Waals surface area (Å²) >= 11 is 0. The Balaban J connectivity index is 1.84. The highest BCUT2D eigenvalue weighted by molar-refractivity contribution is 5.82. The number of benzene rings is 1. The lowest BCUT2D eigenvalue weighted by molar-refractivity contribution is -0.166. The Morgan fingerprint density at radius 3 is 2.45 bits per heavy atom. The summed E-state index contributed by atoms with van der Waals surface area (Å²) in [6.45, 7) is 0. The molecule has 3 saturated carbocycles. The Labute approximate surface area is 118 Å². The van der Waals surface area contributed by atoms with Gasteiger partial charge in [-0.2, -0.15) is 0 Å². The van der Waals surface area contributed by atoms with Crippen molar-refractivity contribution in [1.82, 2.24) is 0 Å². The first-order valence-corrected chi connectivity index (χ1v) is 6.67. The van der Waals surface area contributed by atoms with Gasteiger partial charge in [-0.25, -0.2) is 0 Å². The zero-order chi connectivity index (χ0) is 14.4. The Morgan fingerprint density at radius 2 is 1.90 bits per heavy atom. The first-order chi connectivity index (χ1) is 9.51. The van der Waals surface area contributed by atoms with Crippen molar-refractivity contribution in [3.8, 4) is 5.75 Å². The third-order valence-electron chi connectivity index (χ3n) is 4.46. The normalized spacial score (nSPS) is 32.9. The molecular weight excluding hydrogens is 256 g/mol. The molecule has 0 heterocycles. The van der Waals surface area contributed by atoms with Crippen LogP contribution in [0.25, 0.3) is 6.08 Å². The summed E-state index contributed by atoms with van der Waals surface area (Å²) in [4.78, 5) is 11.8. The minimum Gasteiger partial charge on any atom is -0.497 e. The van der Waals surface area contributed by atoms with E-state index < -0.39 is 11.0 Å². The van der Waals surface area contributed by atoms with Crippen LogP contribution in [0.2, 0.25) is 0 Å². The van der Waals surface area contributed by atoms with Crippen LogP contribution in [0.3, 0.4) is 0 Å². The van der Waals surface area contributed by atoms with Gasteiger partial charge >= 0.3 is 5.97 Å². The number of methoxy groups -OCH3 is 2. The Bertz CT molecular complexity index is 565. The van der Waals surface area contributed by atoms with Gasteiger partial charge in [0.1, 0.15) is 5.75 Å². The number of ether oxygens (including phenoxy) is 2. The summed E-state index contributed by atoms with van der Waals surface area (Å²) in [7, 11) is 3.03. The lowest BCUT2D eigenvalue weighted by atomic mass is 9.67. The highest BCUT2D eigenvalue weighted by atomic mass is 16.5. The third kappa shape index (κ3) is 1.83. The molecule has 106 valence electrons. The molecule has 4 nitrogen and oxygen atoms in total. The van der Waals surface area contributed by atoms with E-state index in [0.29, 0.717) is 19.3 Å². The summed E-state index contributed by atoms with van der Waals surface area (Å²) in [5.41, 5.74) is 0.602. The van der Waals surface area contributed by atoms with Gasteiger partial charge in [0, 0.05) is 0 Å². The van der Waals surface area contributed by atoms with Gasteiger partial charge in [-0.3, -0.25) is 4.79 Å². The molecular formula is C16H18O4. The largest absolute Gasteiger partial charge is 0.497 e. The third-order valence-corrected chi connectivity index (χ3v) is 4.46. The van der Waals surface area contributed by atoms with Crippen molar-refractivity contribution < 1.29 is 19.4 Å². The van der Waals surface area contributed by atoms with Crippen LogP contribution in [-0.4, -0.2) is 30.9 Å². The van der Waals surface area contributed by atoms with E-state index >= 15 is 0 Å².